The number of carbonyl (C=O) groups excluding carboxylic acids is 1. The molecule has 0 saturated carbocycles. The number of carbonyl (C=O) groups is 1. The van der Waals surface area contributed by atoms with Crippen LogP contribution in [-0.4, -0.2) is 54.0 Å². The highest BCUT2D eigenvalue weighted by molar-refractivity contribution is 6.04. The predicted octanol–water partition coefficient (Wildman–Crippen LogP) is 2.10. The maximum atomic E-state index is 12.5. The summed E-state index contributed by atoms with van der Waals surface area (Å²) in [6.07, 6.45) is 1.51. The smallest absolute Gasteiger partial charge is 0.257 e. The maximum absolute atomic E-state index is 12.5. The average molecular weight is 325 g/mol. The topological polar surface area (TPSA) is 61.4 Å². The third-order valence-electron chi connectivity index (χ3n) is 4.35. The van der Waals surface area contributed by atoms with Crippen molar-refractivity contribution in [3.05, 3.63) is 47.3 Å². The van der Waals surface area contributed by atoms with Crippen molar-refractivity contribution in [3.8, 4) is 0 Å². The van der Waals surface area contributed by atoms with Crippen LogP contribution < -0.4 is 10.2 Å². The Morgan fingerprint density at radius 3 is 2.54 bits per heavy atom. The second-order valence-electron chi connectivity index (χ2n) is 6.32. The number of aryl methyl sites for hydroxylation is 2. The number of benzene rings is 1. The zero-order chi connectivity index (χ0) is 17.1. The summed E-state index contributed by atoms with van der Waals surface area (Å²) in [6.45, 7) is 7.83. The van der Waals surface area contributed by atoms with E-state index in [1.54, 1.807) is 0 Å². The van der Waals surface area contributed by atoms with Gasteiger partial charge in [-0.05, 0) is 32.5 Å². The van der Waals surface area contributed by atoms with Crippen LogP contribution in [0.5, 0.6) is 0 Å². The van der Waals surface area contributed by atoms with Gasteiger partial charge in [-0.25, -0.2) is 9.97 Å². The van der Waals surface area contributed by atoms with Crippen molar-refractivity contribution in [1.29, 1.82) is 0 Å². The summed E-state index contributed by atoms with van der Waals surface area (Å²) in [4.78, 5) is 25.5. The van der Waals surface area contributed by atoms with Gasteiger partial charge < -0.3 is 15.1 Å². The normalized spacial score (nSPS) is 15.4. The van der Waals surface area contributed by atoms with E-state index in [9.17, 15) is 4.79 Å². The second-order valence-corrected chi connectivity index (χ2v) is 6.32. The lowest BCUT2D eigenvalue weighted by Crippen LogP contribution is -2.44. The van der Waals surface area contributed by atoms with Gasteiger partial charge >= 0.3 is 0 Å². The number of hydrogen-bond donors (Lipinski definition) is 1. The SMILES string of the molecule is Cc1ccc(C(=O)Nc2cc(N3CCN(C)CC3)ncn2)c(C)c1. The first kappa shape index (κ1) is 16.4. The van der Waals surface area contributed by atoms with Crippen LogP contribution in [0.3, 0.4) is 0 Å². The van der Waals surface area contributed by atoms with Gasteiger partial charge in [0.25, 0.3) is 5.91 Å². The van der Waals surface area contributed by atoms with E-state index in [-0.39, 0.29) is 5.91 Å². The van der Waals surface area contributed by atoms with Crippen molar-refractivity contribution < 1.29 is 4.79 Å². The van der Waals surface area contributed by atoms with Gasteiger partial charge in [-0.2, -0.15) is 0 Å². The molecule has 0 unspecified atom stereocenters. The number of rotatable bonds is 3. The van der Waals surface area contributed by atoms with Gasteiger partial charge in [-0.15, -0.1) is 0 Å². The molecule has 1 aromatic carbocycles. The number of amides is 1. The van der Waals surface area contributed by atoms with Crippen molar-refractivity contribution in [2.24, 2.45) is 0 Å². The molecule has 1 N–H and O–H groups in total. The van der Waals surface area contributed by atoms with Crippen LogP contribution in [0.15, 0.2) is 30.6 Å². The molecule has 1 aliphatic rings. The fraction of sp³-hybridized carbons (Fsp3) is 0.389. The number of nitrogens with zero attached hydrogens (tertiary/aromatic N) is 4. The van der Waals surface area contributed by atoms with Crippen molar-refractivity contribution in [2.75, 3.05) is 43.4 Å². The van der Waals surface area contributed by atoms with E-state index in [1.165, 1.54) is 6.33 Å². The third-order valence-corrected chi connectivity index (χ3v) is 4.35. The zero-order valence-corrected chi connectivity index (χ0v) is 14.4. The Morgan fingerprint density at radius 1 is 1.08 bits per heavy atom. The molecule has 0 aliphatic carbocycles. The highest BCUT2D eigenvalue weighted by atomic mass is 16.1. The highest BCUT2D eigenvalue weighted by Crippen LogP contribution is 2.17. The molecule has 6 heteroatoms. The monoisotopic (exact) mass is 325 g/mol. The minimum Gasteiger partial charge on any atom is -0.354 e. The van der Waals surface area contributed by atoms with Crippen LogP contribution in [0.2, 0.25) is 0 Å². The molecule has 24 heavy (non-hydrogen) atoms. The molecular formula is C18H23N5O. The van der Waals surface area contributed by atoms with Gasteiger partial charge in [0.2, 0.25) is 0 Å². The minimum atomic E-state index is -0.143. The quantitative estimate of drug-likeness (QED) is 0.936. The fourth-order valence-corrected chi connectivity index (χ4v) is 2.88. The van der Waals surface area contributed by atoms with Crippen LogP contribution >= 0.6 is 0 Å². The van der Waals surface area contributed by atoms with Crippen molar-refractivity contribution in [3.63, 3.8) is 0 Å². The molecule has 1 fully saturated rings. The Labute approximate surface area is 142 Å². The van der Waals surface area contributed by atoms with Crippen LogP contribution in [0, 0.1) is 13.8 Å². The molecule has 1 aliphatic heterocycles. The molecule has 0 radical (unpaired) electrons. The molecule has 126 valence electrons. The summed E-state index contributed by atoms with van der Waals surface area (Å²) in [7, 11) is 2.12. The Bertz CT molecular complexity index is 738. The van der Waals surface area contributed by atoms with Gasteiger partial charge in [-0.1, -0.05) is 17.7 Å². The van der Waals surface area contributed by atoms with E-state index in [2.05, 4.69) is 32.1 Å². The largest absolute Gasteiger partial charge is 0.354 e. The first-order valence-electron chi connectivity index (χ1n) is 8.17. The summed E-state index contributed by atoms with van der Waals surface area (Å²) >= 11 is 0. The van der Waals surface area contributed by atoms with Crippen LogP contribution in [0.4, 0.5) is 11.6 Å². The standard InChI is InChI=1S/C18H23N5O/c1-13-4-5-15(14(2)10-13)18(24)21-16-11-17(20-12-19-16)23-8-6-22(3)7-9-23/h4-5,10-12H,6-9H2,1-3H3,(H,19,20,21,24). The summed E-state index contributed by atoms with van der Waals surface area (Å²) < 4.78 is 0. The molecular weight excluding hydrogens is 302 g/mol. The number of anilines is 2. The molecule has 6 nitrogen and oxygen atoms in total. The van der Waals surface area contributed by atoms with Gasteiger partial charge in [0.15, 0.2) is 0 Å². The molecule has 3 rings (SSSR count). The molecule has 2 heterocycles. The second kappa shape index (κ2) is 6.97. The summed E-state index contributed by atoms with van der Waals surface area (Å²) in [5.41, 5.74) is 2.77. The van der Waals surface area contributed by atoms with Crippen molar-refractivity contribution in [2.45, 2.75) is 13.8 Å². The third kappa shape index (κ3) is 3.71. The molecule has 1 saturated heterocycles. The van der Waals surface area contributed by atoms with Crippen molar-refractivity contribution >= 4 is 17.5 Å². The molecule has 1 aromatic heterocycles. The predicted molar refractivity (Wildman–Crippen MR) is 95.6 cm³/mol. The number of aromatic nitrogens is 2. The van der Waals surface area contributed by atoms with Crippen LogP contribution in [-0.2, 0) is 0 Å². The van der Waals surface area contributed by atoms with Crippen LogP contribution in [0.25, 0.3) is 0 Å². The van der Waals surface area contributed by atoms with E-state index in [1.807, 2.05) is 38.1 Å². The summed E-state index contributed by atoms with van der Waals surface area (Å²) in [5.74, 6) is 1.24. The van der Waals surface area contributed by atoms with Gasteiger partial charge in [0.05, 0.1) is 0 Å². The van der Waals surface area contributed by atoms with E-state index in [4.69, 9.17) is 0 Å². The zero-order valence-electron chi connectivity index (χ0n) is 14.4. The van der Waals surface area contributed by atoms with E-state index in [0.29, 0.717) is 11.4 Å². The van der Waals surface area contributed by atoms with Gasteiger partial charge in [0, 0.05) is 37.8 Å². The Hall–Kier alpha value is -2.47. The van der Waals surface area contributed by atoms with E-state index >= 15 is 0 Å². The highest BCUT2D eigenvalue weighted by Gasteiger charge is 2.16. The lowest BCUT2D eigenvalue weighted by Gasteiger charge is -2.33. The molecule has 2 aromatic rings. The molecule has 0 bridgehead atoms. The molecule has 1 amide bonds. The fourth-order valence-electron chi connectivity index (χ4n) is 2.88. The first-order chi connectivity index (χ1) is 11.5. The van der Waals surface area contributed by atoms with Crippen molar-refractivity contribution in [1.82, 2.24) is 14.9 Å². The van der Waals surface area contributed by atoms with Gasteiger partial charge in [-0.3, -0.25) is 4.79 Å². The lowest BCUT2D eigenvalue weighted by molar-refractivity contribution is 0.102. The van der Waals surface area contributed by atoms with E-state index in [0.717, 1.165) is 43.1 Å². The summed E-state index contributed by atoms with van der Waals surface area (Å²) in [6, 6.07) is 7.64. The summed E-state index contributed by atoms with van der Waals surface area (Å²) in [5, 5.41) is 2.88. The number of hydrogen-bond acceptors (Lipinski definition) is 5. The Kier molecular flexibility index (Phi) is 4.76. The average Bonchev–Trinajstić information content (AvgIpc) is 2.55. The van der Waals surface area contributed by atoms with Gasteiger partial charge in [0.1, 0.15) is 18.0 Å². The number of nitrogens with one attached hydrogen (secondary N) is 1. The Morgan fingerprint density at radius 2 is 1.83 bits per heavy atom. The molecule has 0 atom stereocenters. The lowest BCUT2D eigenvalue weighted by atomic mass is 10.1. The number of piperazine rings is 1. The Balaban J connectivity index is 1.73. The minimum absolute atomic E-state index is 0.143. The van der Waals surface area contributed by atoms with Crippen LogP contribution in [0.1, 0.15) is 21.5 Å². The van der Waals surface area contributed by atoms with E-state index < -0.39 is 0 Å². The number of likely N-dealkylation sites (N-methyl/N-ethyl adjacent to an activating group) is 1. The molecule has 0 spiro atoms. The first-order valence-corrected chi connectivity index (χ1v) is 8.17. The maximum Gasteiger partial charge on any atom is 0.257 e.